The maximum absolute atomic E-state index is 14.2. The van der Waals surface area contributed by atoms with Crippen LogP contribution in [0.2, 0.25) is 0 Å². The van der Waals surface area contributed by atoms with Crippen LogP contribution < -0.4 is 11.1 Å². The molecule has 0 atom stereocenters. The Morgan fingerprint density at radius 1 is 1.22 bits per heavy atom. The van der Waals surface area contributed by atoms with Crippen molar-refractivity contribution in [3.8, 4) is 0 Å². The van der Waals surface area contributed by atoms with Crippen molar-refractivity contribution in [3.63, 3.8) is 0 Å². The first-order chi connectivity index (χ1) is 10.2. The second-order valence-electron chi connectivity index (χ2n) is 7.16. The summed E-state index contributed by atoms with van der Waals surface area (Å²) in [5.41, 5.74) is 5.29. The summed E-state index contributed by atoms with van der Waals surface area (Å²) in [6, 6.07) is 4.04. The van der Waals surface area contributed by atoms with Crippen LogP contribution in [0.1, 0.15) is 52.0 Å². The summed E-state index contributed by atoms with van der Waals surface area (Å²) in [6.07, 6.45) is 3.38. The van der Waals surface area contributed by atoms with Gasteiger partial charge >= 0.3 is 0 Å². The van der Waals surface area contributed by atoms with Gasteiger partial charge in [0.1, 0.15) is 11.6 Å². The predicted molar refractivity (Wildman–Crippen MR) is 101 cm³/mol. The molecule has 0 saturated heterocycles. The molecule has 2 rings (SSSR count). The minimum absolute atomic E-state index is 0. The van der Waals surface area contributed by atoms with Crippen molar-refractivity contribution in [2.75, 3.05) is 6.54 Å². The standard InChI is InChI=1S/C17H25F2N3.HI/c1-16(2,3)22-15(20)21-11-17(9-4-5-10-17)14-12(18)7-6-8-13(14)19;/h6-8H,4-5,9-11H2,1-3H3,(H3,20,21,22);1H. The molecule has 0 amide bonds. The van der Waals surface area contributed by atoms with Gasteiger partial charge in [0.05, 0.1) is 6.54 Å². The summed E-state index contributed by atoms with van der Waals surface area (Å²) >= 11 is 0. The smallest absolute Gasteiger partial charge is 0.189 e. The zero-order valence-corrected chi connectivity index (χ0v) is 16.3. The van der Waals surface area contributed by atoms with E-state index in [-0.39, 0.29) is 35.1 Å². The average Bonchev–Trinajstić information content (AvgIpc) is 2.84. The maximum atomic E-state index is 14.2. The fourth-order valence-corrected chi connectivity index (χ4v) is 3.20. The van der Waals surface area contributed by atoms with Gasteiger partial charge in [0, 0.05) is 16.5 Å². The molecule has 1 aliphatic rings. The molecule has 1 aliphatic carbocycles. The quantitative estimate of drug-likeness (QED) is 0.425. The number of nitrogens with zero attached hydrogens (tertiary/aromatic N) is 1. The van der Waals surface area contributed by atoms with E-state index < -0.39 is 17.0 Å². The Hall–Kier alpha value is -0.920. The van der Waals surface area contributed by atoms with Gasteiger partial charge in [0.25, 0.3) is 0 Å². The molecule has 0 heterocycles. The van der Waals surface area contributed by atoms with Gasteiger partial charge in [-0.05, 0) is 45.7 Å². The normalized spacial score (nSPS) is 17.7. The molecule has 6 heteroatoms. The lowest BCUT2D eigenvalue weighted by Gasteiger charge is -2.29. The maximum Gasteiger partial charge on any atom is 0.189 e. The van der Waals surface area contributed by atoms with E-state index in [1.54, 1.807) is 0 Å². The number of benzene rings is 1. The molecule has 0 bridgehead atoms. The van der Waals surface area contributed by atoms with Crippen molar-refractivity contribution >= 4 is 29.9 Å². The predicted octanol–water partition coefficient (Wildman–Crippen LogP) is 4.10. The Morgan fingerprint density at radius 2 is 1.74 bits per heavy atom. The molecule has 0 radical (unpaired) electrons. The lowest BCUT2D eigenvalue weighted by Crippen LogP contribution is -2.45. The van der Waals surface area contributed by atoms with Gasteiger partial charge in [0.15, 0.2) is 5.96 Å². The van der Waals surface area contributed by atoms with Crippen LogP contribution in [-0.2, 0) is 5.41 Å². The van der Waals surface area contributed by atoms with Crippen molar-refractivity contribution in [2.45, 2.75) is 57.4 Å². The molecule has 1 fully saturated rings. The number of nitrogens with one attached hydrogen (secondary N) is 1. The minimum atomic E-state index is -0.584. The molecular formula is C17H26F2IN3. The fraction of sp³-hybridized carbons (Fsp3) is 0.588. The number of aliphatic imine (C=N–C) groups is 1. The van der Waals surface area contributed by atoms with Crippen LogP contribution >= 0.6 is 24.0 Å². The monoisotopic (exact) mass is 437 g/mol. The van der Waals surface area contributed by atoms with Crippen molar-refractivity contribution < 1.29 is 8.78 Å². The second kappa shape index (κ2) is 7.77. The minimum Gasteiger partial charge on any atom is -0.370 e. The molecule has 0 aromatic heterocycles. The van der Waals surface area contributed by atoms with E-state index in [9.17, 15) is 8.78 Å². The summed E-state index contributed by atoms with van der Waals surface area (Å²) in [5.74, 6) is -0.658. The van der Waals surface area contributed by atoms with Gasteiger partial charge in [-0.25, -0.2) is 8.78 Å². The topological polar surface area (TPSA) is 50.4 Å². The van der Waals surface area contributed by atoms with E-state index in [0.717, 1.165) is 25.7 Å². The third kappa shape index (κ3) is 5.02. The Labute approximate surface area is 154 Å². The fourth-order valence-electron chi connectivity index (χ4n) is 3.20. The Balaban J connectivity index is 0.00000264. The third-order valence-electron chi connectivity index (χ3n) is 4.11. The molecule has 0 unspecified atom stereocenters. The first kappa shape index (κ1) is 20.1. The van der Waals surface area contributed by atoms with Crippen molar-refractivity contribution in [1.29, 1.82) is 0 Å². The van der Waals surface area contributed by atoms with Crippen molar-refractivity contribution in [2.24, 2.45) is 10.7 Å². The van der Waals surface area contributed by atoms with Crippen molar-refractivity contribution in [3.05, 3.63) is 35.4 Å². The van der Waals surface area contributed by atoms with Crippen LogP contribution in [0, 0.1) is 11.6 Å². The van der Waals surface area contributed by atoms with Crippen LogP contribution in [0.25, 0.3) is 0 Å². The van der Waals surface area contributed by atoms with E-state index in [4.69, 9.17) is 5.73 Å². The highest BCUT2D eigenvalue weighted by Gasteiger charge is 2.39. The third-order valence-corrected chi connectivity index (χ3v) is 4.11. The number of hydrogen-bond donors (Lipinski definition) is 2. The van der Waals surface area contributed by atoms with Gasteiger partial charge < -0.3 is 11.1 Å². The summed E-state index contributed by atoms with van der Waals surface area (Å²) in [7, 11) is 0. The highest BCUT2D eigenvalue weighted by atomic mass is 127. The molecule has 3 N–H and O–H groups in total. The summed E-state index contributed by atoms with van der Waals surface area (Å²) in [5, 5.41) is 3.08. The summed E-state index contributed by atoms with van der Waals surface area (Å²) in [6.45, 7) is 6.26. The Morgan fingerprint density at radius 3 is 2.22 bits per heavy atom. The van der Waals surface area contributed by atoms with Crippen LogP contribution in [-0.4, -0.2) is 18.0 Å². The lowest BCUT2D eigenvalue weighted by atomic mass is 9.78. The molecule has 1 aromatic rings. The zero-order valence-electron chi connectivity index (χ0n) is 14.0. The number of halogens is 3. The average molecular weight is 437 g/mol. The van der Waals surface area contributed by atoms with Crippen LogP contribution in [0.3, 0.4) is 0 Å². The van der Waals surface area contributed by atoms with E-state index >= 15 is 0 Å². The number of guanidine groups is 1. The molecule has 0 spiro atoms. The zero-order chi connectivity index (χ0) is 16.4. The van der Waals surface area contributed by atoms with E-state index in [0.29, 0.717) is 12.5 Å². The molecule has 1 aromatic carbocycles. The molecule has 130 valence electrons. The van der Waals surface area contributed by atoms with Crippen LogP contribution in [0.4, 0.5) is 8.78 Å². The molecular weight excluding hydrogens is 411 g/mol. The first-order valence-electron chi connectivity index (χ1n) is 7.76. The van der Waals surface area contributed by atoms with Crippen molar-refractivity contribution in [1.82, 2.24) is 5.32 Å². The number of nitrogens with two attached hydrogens (primary N) is 1. The van der Waals surface area contributed by atoms with E-state index in [1.807, 2.05) is 20.8 Å². The Kier molecular flexibility index (Phi) is 6.80. The second-order valence-corrected chi connectivity index (χ2v) is 7.16. The van der Waals surface area contributed by atoms with Crippen LogP contribution in [0.5, 0.6) is 0 Å². The largest absolute Gasteiger partial charge is 0.370 e. The number of rotatable bonds is 3. The summed E-state index contributed by atoms with van der Waals surface area (Å²) < 4.78 is 28.4. The first-order valence-corrected chi connectivity index (χ1v) is 7.76. The van der Waals surface area contributed by atoms with E-state index in [1.165, 1.54) is 18.2 Å². The van der Waals surface area contributed by atoms with E-state index in [2.05, 4.69) is 10.3 Å². The molecule has 23 heavy (non-hydrogen) atoms. The van der Waals surface area contributed by atoms with Gasteiger partial charge in [-0.15, -0.1) is 24.0 Å². The lowest BCUT2D eigenvalue weighted by molar-refractivity contribution is 0.399. The number of hydrogen-bond acceptors (Lipinski definition) is 1. The SMILES string of the molecule is CC(C)(C)NC(N)=NCC1(c2c(F)cccc2F)CCCC1.I. The molecule has 3 nitrogen and oxygen atoms in total. The van der Waals surface area contributed by atoms with Gasteiger partial charge in [-0.3, -0.25) is 4.99 Å². The highest BCUT2D eigenvalue weighted by molar-refractivity contribution is 14.0. The Bertz CT molecular complexity index is 541. The van der Waals surface area contributed by atoms with Gasteiger partial charge in [-0.1, -0.05) is 18.9 Å². The highest BCUT2D eigenvalue weighted by Crippen LogP contribution is 2.43. The van der Waals surface area contributed by atoms with Crippen LogP contribution in [0.15, 0.2) is 23.2 Å². The molecule has 0 aliphatic heterocycles. The molecule has 1 saturated carbocycles. The van der Waals surface area contributed by atoms with Gasteiger partial charge in [-0.2, -0.15) is 0 Å². The summed E-state index contributed by atoms with van der Waals surface area (Å²) in [4.78, 5) is 4.37. The van der Waals surface area contributed by atoms with Gasteiger partial charge in [0.2, 0.25) is 0 Å².